The molecule has 8 atom stereocenters. The Morgan fingerprint density at radius 2 is 0.813 bits per heavy atom. The van der Waals surface area contributed by atoms with Crippen LogP contribution in [0.3, 0.4) is 0 Å². The van der Waals surface area contributed by atoms with Gasteiger partial charge in [0.25, 0.3) is 0 Å². The van der Waals surface area contributed by atoms with Gasteiger partial charge in [-0.15, -0.1) is 0 Å². The molecule has 0 fully saturated rings. The second-order valence-corrected chi connectivity index (χ2v) is 24.5. The highest BCUT2D eigenvalue weighted by atomic mass is 16.6. The number of ether oxygens (including phenoxy) is 7. The standard InChI is InChI=1S/C21H42O4.C14H20O4.C11H24O3.C7H16O3.C6H14O3.C5H12O3.C4H10O3/c1-2-3-4-5-6-7-8-9-10-11-12-13-14-15-16-17-21(24)25-19-20(23)18-22;1-14(2,3)11-6-4-10(5-7-11)13(17)18-9-12(16)8-15;1-3-5-6-10(4-2)8-14-9-11(13)7-12;1-7(2,3)10-5-6(9)4-8;1-5(2)9-4-6(8)3-7;1-2-8-4-5(7)3-6;1-7-3-4(6)2-5/h20,22-23H,2-19H2,1H3;4-7,12,15-16H,8-9H2,1-3H3;10-13H,3-9H2,1-2H3;6,8-9H,4-5H2,1-3H3;5-8H,3-4H2,1-2H3;5-7H,2-4H2,1H3;4-6H,2-3H2,1H3. The third-order valence-corrected chi connectivity index (χ3v) is 12.7. The molecule has 8 unspecified atom stereocenters. The molecule has 1 aromatic carbocycles. The number of benzene rings is 1. The largest absolute Gasteiger partial charge is 0.463 e. The summed E-state index contributed by atoms with van der Waals surface area (Å²) >= 11 is 0. The normalized spacial score (nSPS) is 13.8. The Hall–Kier alpha value is -2.60. The highest BCUT2D eigenvalue weighted by Gasteiger charge is 2.17. The van der Waals surface area contributed by atoms with Crippen LogP contribution in [0.2, 0.25) is 0 Å². The van der Waals surface area contributed by atoms with Crippen LogP contribution in [0.5, 0.6) is 0 Å². The lowest BCUT2D eigenvalue weighted by Crippen LogP contribution is -2.27. The van der Waals surface area contributed by atoms with Crippen LogP contribution in [0, 0.1) is 5.92 Å². The molecular formula is C68H138O23. The van der Waals surface area contributed by atoms with E-state index in [-0.39, 0.29) is 109 Å². The van der Waals surface area contributed by atoms with Crippen molar-refractivity contribution in [3.63, 3.8) is 0 Å². The van der Waals surface area contributed by atoms with Crippen molar-refractivity contribution in [3.05, 3.63) is 35.4 Å². The first-order valence-corrected chi connectivity index (χ1v) is 33.4. The van der Waals surface area contributed by atoms with Crippen LogP contribution in [-0.4, -0.2) is 251 Å². The van der Waals surface area contributed by atoms with Crippen LogP contribution >= 0.6 is 0 Å². The third kappa shape index (κ3) is 81.6. The number of rotatable bonds is 46. The lowest BCUT2D eigenvalue weighted by atomic mass is 9.87. The van der Waals surface area contributed by atoms with Crippen molar-refractivity contribution in [2.75, 3.05) is 113 Å². The van der Waals surface area contributed by atoms with Gasteiger partial charge in [0, 0.05) is 26.7 Å². The number of aliphatic hydroxyl groups is 14. The molecule has 0 bridgehead atoms. The first-order chi connectivity index (χ1) is 43.0. The van der Waals surface area contributed by atoms with Gasteiger partial charge in [0.2, 0.25) is 0 Å². The van der Waals surface area contributed by atoms with Crippen LogP contribution in [-0.2, 0) is 43.4 Å². The molecule has 0 spiro atoms. The molecule has 0 saturated carbocycles. The highest BCUT2D eigenvalue weighted by molar-refractivity contribution is 5.89. The van der Waals surface area contributed by atoms with Gasteiger partial charge in [0.15, 0.2) is 0 Å². The molecule has 0 aliphatic heterocycles. The number of hydrogen-bond donors (Lipinski definition) is 14. The van der Waals surface area contributed by atoms with Crippen LogP contribution in [0.4, 0.5) is 0 Å². The zero-order valence-corrected chi connectivity index (χ0v) is 58.9. The molecule has 0 aliphatic carbocycles. The molecule has 14 N–H and O–H groups in total. The predicted molar refractivity (Wildman–Crippen MR) is 357 cm³/mol. The van der Waals surface area contributed by atoms with E-state index in [0.717, 1.165) is 24.8 Å². The maximum absolute atomic E-state index is 11.6. The fourth-order valence-corrected chi connectivity index (χ4v) is 7.00. The minimum absolute atomic E-state index is 0.0372. The summed E-state index contributed by atoms with van der Waals surface area (Å²) in [6.07, 6.45) is 19.3. The average molecular weight is 1320 g/mol. The Kier molecular flexibility index (Phi) is 78.3. The molecule has 0 aromatic heterocycles. The molecule has 1 rings (SSSR count). The molecule has 23 heteroatoms. The Morgan fingerprint density at radius 3 is 1.18 bits per heavy atom. The maximum Gasteiger partial charge on any atom is 0.338 e. The van der Waals surface area contributed by atoms with E-state index in [9.17, 15) is 9.59 Å². The monoisotopic (exact) mass is 1320 g/mol. The van der Waals surface area contributed by atoms with E-state index in [1.807, 2.05) is 53.7 Å². The zero-order valence-electron chi connectivity index (χ0n) is 58.9. The Balaban J connectivity index is -0.000000243. The summed E-state index contributed by atoms with van der Waals surface area (Å²) < 4.78 is 34.5. The molecule has 0 saturated heterocycles. The molecule has 23 nitrogen and oxygen atoms in total. The van der Waals surface area contributed by atoms with Crippen molar-refractivity contribution in [1.82, 2.24) is 0 Å². The molecule has 0 heterocycles. The number of unbranched alkanes of at least 4 members (excludes halogenated alkanes) is 15. The number of methoxy groups -OCH3 is 1. The number of carbonyl (C=O) groups excluding carboxylic acids is 2. The first-order valence-electron chi connectivity index (χ1n) is 33.4. The van der Waals surface area contributed by atoms with Crippen molar-refractivity contribution in [3.8, 4) is 0 Å². The van der Waals surface area contributed by atoms with Crippen molar-refractivity contribution in [2.45, 2.75) is 271 Å². The zero-order chi connectivity index (χ0) is 70.7. The summed E-state index contributed by atoms with van der Waals surface area (Å²) in [5, 5.41) is 121. The van der Waals surface area contributed by atoms with Gasteiger partial charge in [-0.3, -0.25) is 4.79 Å². The molecule has 0 amide bonds. The summed E-state index contributed by atoms with van der Waals surface area (Å²) in [6, 6.07) is 7.18. The van der Waals surface area contributed by atoms with Gasteiger partial charge in [0.05, 0.1) is 96.6 Å². The van der Waals surface area contributed by atoms with Crippen molar-refractivity contribution in [2.24, 2.45) is 5.92 Å². The van der Waals surface area contributed by atoms with E-state index in [1.54, 1.807) is 12.1 Å². The fraction of sp³-hybridized carbons (Fsp3) is 0.882. The molecule has 0 radical (unpaired) electrons. The Morgan fingerprint density at radius 1 is 0.440 bits per heavy atom. The van der Waals surface area contributed by atoms with Gasteiger partial charge in [-0.25, -0.2) is 4.79 Å². The summed E-state index contributed by atoms with van der Waals surface area (Å²) in [6.45, 7) is 24.3. The van der Waals surface area contributed by atoms with Crippen LogP contribution in [0.15, 0.2) is 24.3 Å². The maximum atomic E-state index is 11.6. The highest BCUT2D eigenvalue weighted by Crippen LogP contribution is 2.22. The molecule has 0 aliphatic rings. The summed E-state index contributed by atoms with van der Waals surface area (Å²) in [5.74, 6) is -0.175. The summed E-state index contributed by atoms with van der Waals surface area (Å²) in [5.41, 5.74) is 1.37. The van der Waals surface area contributed by atoms with Gasteiger partial charge in [-0.1, -0.05) is 163 Å². The minimum Gasteiger partial charge on any atom is -0.463 e. The summed E-state index contributed by atoms with van der Waals surface area (Å²) in [7, 11) is 1.47. The number of aliphatic hydroxyl groups excluding tert-OH is 14. The van der Waals surface area contributed by atoms with Crippen molar-refractivity contribution < 1.29 is 114 Å². The third-order valence-electron chi connectivity index (χ3n) is 12.7. The van der Waals surface area contributed by atoms with Crippen molar-refractivity contribution in [1.29, 1.82) is 0 Å². The fourth-order valence-electron chi connectivity index (χ4n) is 7.00. The van der Waals surface area contributed by atoms with Gasteiger partial charge in [-0.2, -0.15) is 0 Å². The van der Waals surface area contributed by atoms with Crippen LogP contribution < -0.4 is 0 Å². The van der Waals surface area contributed by atoms with Gasteiger partial charge < -0.3 is 105 Å². The van der Waals surface area contributed by atoms with E-state index in [2.05, 4.69) is 46.3 Å². The Bertz CT molecular complexity index is 1600. The number of carbonyl (C=O) groups is 2. The molecule has 91 heavy (non-hydrogen) atoms. The first kappa shape index (κ1) is 99.5. The second kappa shape index (κ2) is 71.7. The smallest absolute Gasteiger partial charge is 0.338 e. The summed E-state index contributed by atoms with van der Waals surface area (Å²) in [4.78, 5) is 23.0. The minimum atomic E-state index is -1.03. The topological polar surface area (TPSA) is 382 Å². The quantitative estimate of drug-likeness (QED) is 0.0245. The predicted octanol–water partition coefficient (Wildman–Crippen LogP) is 6.49. The Labute approximate surface area is 549 Å². The molecule has 1 aromatic rings. The van der Waals surface area contributed by atoms with Crippen LogP contribution in [0.1, 0.15) is 227 Å². The van der Waals surface area contributed by atoms with Gasteiger partial charge in [0.1, 0.15) is 55.9 Å². The van der Waals surface area contributed by atoms with E-state index in [0.29, 0.717) is 31.1 Å². The van der Waals surface area contributed by atoms with E-state index < -0.39 is 55.3 Å². The average Bonchev–Trinajstić information content (AvgIpc) is 1.95. The van der Waals surface area contributed by atoms with Gasteiger partial charge in [-0.05, 0) is 83.4 Å². The number of esters is 2. The van der Waals surface area contributed by atoms with Crippen LogP contribution in [0.25, 0.3) is 0 Å². The molecular weight excluding hydrogens is 1180 g/mol. The van der Waals surface area contributed by atoms with Gasteiger partial charge >= 0.3 is 11.9 Å². The van der Waals surface area contributed by atoms with E-state index in [1.165, 1.54) is 110 Å². The van der Waals surface area contributed by atoms with E-state index >= 15 is 0 Å². The lowest BCUT2D eigenvalue weighted by molar-refractivity contribution is -0.147. The van der Waals surface area contributed by atoms with E-state index in [4.69, 9.17) is 99.9 Å². The number of hydrogen-bond acceptors (Lipinski definition) is 23. The lowest BCUT2D eigenvalue weighted by Gasteiger charge is -2.20. The second-order valence-electron chi connectivity index (χ2n) is 24.5. The van der Waals surface area contributed by atoms with Crippen molar-refractivity contribution >= 4 is 11.9 Å². The molecule has 548 valence electrons. The SMILES string of the molecule is CC(C)(C)OCC(O)CO.CC(C)(C)c1ccc(C(=O)OCC(O)CO)cc1.CC(C)OCC(O)CO.CCCCC(CC)COCC(O)CO.CCCCCCCCCCCCCCCCCC(=O)OCC(O)CO.CCOCC(O)CO.COCC(O)CO.